The van der Waals surface area contributed by atoms with E-state index >= 15 is 0 Å². The van der Waals surface area contributed by atoms with E-state index in [2.05, 4.69) is 15.6 Å². The Bertz CT molecular complexity index is 885. The molecule has 2 N–H and O–H groups in total. The molecule has 0 aliphatic rings. The van der Waals surface area contributed by atoms with Crippen molar-refractivity contribution < 1.29 is 17.9 Å². The number of nitrogens with one attached hydrogen (secondary N) is 2. The lowest BCUT2D eigenvalue weighted by Crippen LogP contribution is -2.39. The van der Waals surface area contributed by atoms with Gasteiger partial charge in [-0.2, -0.15) is 0 Å². The molecule has 0 fully saturated rings. The molecule has 170 valence electrons. The van der Waals surface area contributed by atoms with E-state index in [1.165, 1.54) is 0 Å². The highest BCUT2D eigenvalue weighted by atomic mass is 32.2. The monoisotopic (exact) mass is 447 g/mol. The van der Waals surface area contributed by atoms with E-state index in [0.717, 1.165) is 24.3 Å². The third-order valence-electron chi connectivity index (χ3n) is 4.53. The molecule has 2 aromatic rings. The van der Waals surface area contributed by atoms with Gasteiger partial charge in [-0.1, -0.05) is 30.3 Å². The first-order valence-corrected chi connectivity index (χ1v) is 12.2. The van der Waals surface area contributed by atoms with Crippen molar-refractivity contribution >= 4 is 15.8 Å². The lowest BCUT2D eigenvalue weighted by molar-refractivity contribution is 0.145. The van der Waals surface area contributed by atoms with E-state index in [-0.39, 0.29) is 5.75 Å². The largest absolute Gasteiger partial charge is 0.497 e. The Labute approximate surface area is 185 Å². The van der Waals surface area contributed by atoms with E-state index in [1.807, 2.05) is 37.3 Å². The average Bonchev–Trinajstić information content (AvgIpc) is 2.80. The van der Waals surface area contributed by atoms with Crippen molar-refractivity contribution in [1.82, 2.24) is 10.6 Å². The van der Waals surface area contributed by atoms with Crippen LogP contribution in [0.1, 0.15) is 25.3 Å². The Hall–Kier alpha value is -2.58. The first-order valence-electron chi connectivity index (χ1n) is 10.6. The van der Waals surface area contributed by atoms with Gasteiger partial charge in [-0.25, -0.2) is 13.4 Å². The van der Waals surface area contributed by atoms with Crippen molar-refractivity contribution in [2.45, 2.75) is 31.2 Å². The Morgan fingerprint density at radius 3 is 2.29 bits per heavy atom. The number of benzene rings is 2. The molecular weight excluding hydrogens is 414 g/mol. The summed E-state index contributed by atoms with van der Waals surface area (Å²) < 4.78 is 35.4. The number of hydrogen-bond acceptors (Lipinski definition) is 5. The maximum atomic E-state index is 12.4. The van der Waals surface area contributed by atoms with E-state index < -0.39 is 9.84 Å². The van der Waals surface area contributed by atoms with Crippen LogP contribution < -0.4 is 15.4 Å². The molecule has 2 aromatic carbocycles. The molecular formula is C23H33N3O4S. The van der Waals surface area contributed by atoms with Crippen molar-refractivity contribution in [3.8, 4) is 5.75 Å². The molecule has 0 saturated heterocycles. The number of ether oxygens (including phenoxy) is 2. The standard InChI is InChI=1S/C23H33N3O4S/c1-3-30-17-7-15-24-23(26-19-20-11-13-21(29-2)14-12-20)25-16-8-18-31(27,28)22-9-5-4-6-10-22/h4-6,9-14H,3,7-8,15-19H2,1-2H3,(H2,24,25,26). The van der Waals surface area contributed by atoms with Gasteiger partial charge in [0.2, 0.25) is 0 Å². The summed E-state index contributed by atoms with van der Waals surface area (Å²) in [6.45, 7) is 5.09. The summed E-state index contributed by atoms with van der Waals surface area (Å²) in [4.78, 5) is 4.98. The summed E-state index contributed by atoms with van der Waals surface area (Å²) in [5, 5.41) is 6.52. The van der Waals surface area contributed by atoms with Gasteiger partial charge in [-0.3, -0.25) is 0 Å². The number of guanidine groups is 1. The van der Waals surface area contributed by atoms with Crippen LogP contribution in [0, 0.1) is 0 Å². The van der Waals surface area contributed by atoms with Gasteiger partial charge in [0, 0.05) is 26.3 Å². The second-order valence-corrected chi connectivity index (χ2v) is 9.01. The molecule has 0 spiro atoms. The second-order valence-electron chi connectivity index (χ2n) is 6.90. The van der Waals surface area contributed by atoms with Gasteiger partial charge in [0.1, 0.15) is 5.75 Å². The molecule has 31 heavy (non-hydrogen) atoms. The highest BCUT2D eigenvalue weighted by Gasteiger charge is 2.13. The van der Waals surface area contributed by atoms with E-state index in [0.29, 0.717) is 43.6 Å². The first-order chi connectivity index (χ1) is 15.0. The third kappa shape index (κ3) is 9.40. The molecule has 8 heteroatoms. The van der Waals surface area contributed by atoms with Gasteiger partial charge < -0.3 is 20.1 Å². The van der Waals surface area contributed by atoms with Crippen LogP contribution in [-0.2, 0) is 21.1 Å². The molecule has 2 rings (SSSR count). The molecule has 7 nitrogen and oxygen atoms in total. The van der Waals surface area contributed by atoms with Gasteiger partial charge in [-0.15, -0.1) is 0 Å². The molecule has 0 heterocycles. The van der Waals surface area contributed by atoms with Crippen LogP contribution in [0.3, 0.4) is 0 Å². The quantitative estimate of drug-likeness (QED) is 0.279. The van der Waals surface area contributed by atoms with E-state index in [4.69, 9.17) is 9.47 Å². The van der Waals surface area contributed by atoms with Gasteiger partial charge in [0.15, 0.2) is 15.8 Å². The fourth-order valence-electron chi connectivity index (χ4n) is 2.82. The predicted octanol–water partition coefficient (Wildman–Crippen LogP) is 3.02. The zero-order chi connectivity index (χ0) is 22.4. The van der Waals surface area contributed by atoms with Gasteiger partial charge >= 0.3 is 0 Å². The van der Waals surface area contributed by atoms with Crippen molar-refractivity contribution in [2.75, 3.05) is 39.2 Å². The van der Waals surface area contributed by atoms with Crippen LogP contribution >= 0.6 is 0 Å². The molecule has 0 aliphatic heterocycles. The molecule has 0 amide bonds. The minimum atomic E-state index is -3.28. The van der Waals surface area contributed by atoms with Crippen LogP contribution in [0.15, 0.2) is 64.5 Å². The first kappa shape index (κ1) is 24.7. The van der Waals surface area contributed by atoms with Gasteiger partial charge in [0.25, 0.3) is 0 Å². The van der Waals surface area contributed by atoms with Crippen molar-refractivity contribution in [2.24, 2.45) is 4.99 Å². The highest BCUT2D eigenvalue weighted by molar-refractivity contribution is 7.91. The summed E-state index contributed by atoms with van der Waals surface area (Å²) in [6, 6.07) is 16.3. The summed E-state index contributed by atoms with van der Waals surface area (Å²) in [5.74, 6) is 1.55. The summed E-state index contributed by atoms with van der Waals surface area (Å²) in [6.07, 6.45) is 1.35. The molecule has 0 saturated carbocycles. The average molecular weight is 448 g/mol. The minimum Gasteiger partial charge on any atom is -0.497 e. The highest BCUT2D eigenvalue weighted by Crippen LogP contribution is 2.12. The van der Waals surface area contributed by atoms with Gasteiger partial charge in [0.05, 0.1) is 24.3 Å². The maximum absolute atomic E-state index is 12.4. The smallest absolute Gasteiger partial charge is 0.191 e. The van der Waals surface area contributed by atoms with Crippen molar-refractivity contribution in [1.29, 1.82) is 0 Å². The fourth-order valence-corrected chi connectivity index (χ4v) is 4.15. The molecule has 0 unspecified atom stereocenters. The Balaban J connectivity index is 1.87. The fraction of sp³-hybridized carbons (Fsp3) is 0.435. The second kappa shape index (κ2) is 13.7. The van der Waals surface area contributed by atoms with Crippen molar-refractivity contribution in [3.05, 3.63) is 60.2 Å². The molecule has 0 radical (unpaired) electrons. The number of nitrogens with zero attached hydrogens (tertiary/aromatic N) is 1. The summed E-state index contributed by atoms with van der Waals surface area (Å²) in [7, 11) is -1.64. The van der Waals surface area contributed by atoms with Crippen LogP contribution in [0.5, 0.6) is 5.75 Å². The summed E-state index contributed by atoms with van der Waals surface area (Å²) >= 11 is 0. The Morgan fingerprint density at radius 2 is 1.65 bits per heavy atom. The lowest BCUT2D eigenvalue weighted by atomic mass is 10.2. The lowest BCUT2D eigenvalue weighted by Gasteiger charge is -2.13. The van der Waals surface area contributed by atoms with Crippen molar-refractivity contribution in [3.63, 3.8) is 0 Å². The normalized spacial score (nSPS) is 11.9. The number of sulfone groups is 1. The molecule has 0 atom stereocenters. The zero-order valence-electron chi connectivity index (χ0n) is 18.3. The zero-order valence-corrected chi connectivity index (χ0v) is 19.2. The van der Waals surface area contributed by atoms with Gasteiger partial charge in [-0.05, 0) is 49.6 Å². The molecule has 0 aliphatic carbocycles. The molecule has 0 bridgehead atoms. The van der Waals surface area contributed by atoms with Crippen LogP contribution in [-0.4, -0.2) is 53.5 Å². The van der Waals surface area contributed by atoms with Crippen LogP contribution in [0.2, 0.25) is 0 Å². The maximum Gasteiger partial charge on any atom is 0.191 e. The Morgan fingerprint density at radius 1 is 0.968 bits per heavy atom. The number of methoxy groups -OCH3 is 1. The number of hydrogen-bond donors (Lipinski definition) is 2. The van der Waals surface area contributed by atoms with E-state index in [9.17, 15) is 8.42 Å². The van der Waals surface area contributed by atoms with Crippen LogP contribution in [0.25, 0.3) is 0 Å². The summed E-state index contributed by atoms with van der Waals surface area (Å²) in [5.41, 5.74) is 1.06. The number of rotatable bonds is 13. The Kier molecular flexibility index (Phi) is 10.9. The third-order valence-corrected chi connectivity index (χ3v) is 6.34. The van der Waals surface area contributed by atoms with Crippen LogP contribution in [0.4, 0.5) is 0 Å². The molecule has 0 aromatic heterocycles. The topological polar surface area (TPSA) is 89.0 Å². The predicted molar refractivity (Wildman–Crippen MR) is 124 cm³/mol. The minimum absolute atomic E-state index is 0.0834. The SMILES string of the molecule is CCOCCCNC(=NCc1ccc(OC)cc1)NCCCS(=O)(=O)c1ccccc1. The van der Waals surface area contributed by atoms with E-state index in [1.54, 1.807) is 31.4 Å². The number of aliphatic imine (C=N–C) groups is 1.